The monoisotopic (exact) mass is 452 g/mol. The Balaban J connectivity index is 1.66. The smallest absolute Gasteiger partial charge is 0.121 e. The van der Waals surface area contributed by atoms with Crippen LogP contribution in [-0.4, -0.2) is 36.0 Å². The molecule has 2 atom stereocenters. The quantitative estimate of drug-likeness (QED) is 0.347. The van der Waals surface area contributed by atoms with Gasteiger partial charge in [0.15, 0.2) is 0 Å². The number of hydrogen-bond acceptors (Lipinski definition) is 3. The van der Waals surface area contributed by atoms with Crippen molar-refractivity contribution in [1.29, 1.82) is 0 Å². The van der Waals surface area contributed by atoms with E-state index in [2.05, 4.69) is 112 Å². The summed E-state index contributed by atoms with van der Waals surface area (Å²) in [5.74, 6) is 0.688. The van der Waals surface area contributed by atoms with Crippen molar-refractivity contribution >= 4 is 0 Å². The van der Waals surface area contributed by atoms with Gasteiger partial charge in [0, 0.05) is 30.8 Å². The molecule has 2 heterocycles. The molecule has 0 radical (unpaired) electrons. The van der Waals surface area contributed by atoms with Gasteiger partial charge in [-0.1, -0.05) is 82.5 Å². The van der Waals surface area contributed by atoms with Gasteiger partial charge in [-0.2, -0.15) is 0 Å². The molecular formula is C31H36N2O. The van der Waals surface area contributed by atoms with Gasteiger partial charge in [0.05, 0.1) is 24.0 Å². The van der Waals surface area contributed by atoms with E-state index < -0.39 is 0 Å². The summed E-state index contributed by atoms with van der Waals surface area (Å²) < 4.78 is 5.79. The van der Waals surface area contributed by atoms with Gasteiger partial charge in [-0.15, -0.1) is 0 Å². The third-order valence-corrected chi connectivity index (χ3v) is 7.68. The highest BCUT2D eigenvalue weighted by molar-refractivity contribution is 5.67. The molecule has 0 aromatic heterocycles. The van der Waals surface area contributed by atoms with Crippen LogP contribution in [0.2, 0.25) is 0 Å². The number of hydrogen-bond donors (Lipinski definition) is 0. The van der Waals surface area contributed by atoms with Gasteiger partial charge < -0.3 is 14.5 Å². The van der Waals surface area contributed by atoms with Gasteiger partial charge in [-0.3, -0.25) is 0 Å². The molecule has 2 unspecified atom stereocenters. The molecule has 1 fully saturated rings. The number of likely N-dealkylation sites (N-methyl/N-ethyl adjacent to an activating group) is 1. The Hall–Kier alpha value is -3.20. The molecule has 176 valence electrons. The molecule has 0 bridgehead atoms. The van der Waals surface area contributed by atoms with Gasteiger partial charge in [0.25, 0.3) is 0 Å². The maximum Gasteiger partial charge on any atom is 0.121 e. The lowest BCUT2D eigenvalue weighted by Crippen LogP contribution is -2.54. The van der Waals surface area contributed by atoms with Crippen LogP contribution >= 0.6 is 0 Å². The van der Waals surface area contributed by atoms with Crippen LogP contribution in [0.3, 0.4) is 0 Å². The molecule has 1 saturated heterocycles. The SMILES string of the molecule is C=C1C=C2/C(=C3\C=CC=C(C4=CC=C4)C34C=CC4)N(C)CC(C(C)(C)C)N2C=C1C(=C)OCC. The Kier molecular flexibility index (Phi) is 5.27. The van der Waals surface area contributed by atoms with Crippen molar-refractivity contribution in [3.63, 3.8) is 0 Å². The van der Waals surface area contributed by atoms with Crippen molar-refractivity contribution in [2.45, 2.75) is 40.2 Å². The topological polar surface area (TPSA) is 15.7 Å². The number of nitrogens with zero attached hydrogens (tertiary/aromatic N) is 2. The fraction of sp³-hybridized carbons (Fsp3) is 0.355. The minimum atomic E-state index is -0.0732. The fourth-order valence-corrected chi connectivity index (χ4v) is 5.68. The first-order valence-electron chi connectivity index (χ1n) is 12.3. The number of ether oxygens (including phenoxy) is 1. The zero-order chi connectivity index (χ0) is 24.3. The highest BCUT2D eigenvalue weighted by Gasteiger charge is 2.47. The summed E-state index contributed by atoms with van der Waals surface area (Å²) in [5, 5.41) is 0. The average molecular weight is 453 g/mol. The number of piperazine rings is 1. The first-order valence-corrected chi connectivity index (χ1v) is 12.3. The summed E-state index contributed by atoms with van der Waals surface area (Å²) in [5.41, 5.74) is 8.55. The van der Waals surface area contributed by atoms with Crippen LogP contribution in [0.25, 0.3) is 0 Å². The summed E-state index contributed by atoms with van der Waals surface area (Å²) in [7, 11) is 2.24. The van der Waals surface area contributed by atoms with E-state index in [0.29, 0.717) is 18.4 Å². The van der Waals surface area contributed by atoms with Crippen LogP contribution in [-0.2, 0) is 4.74 Å². The van der Waals surface area contributed by atoms with E-state index in [1.165, 1.54) is 28.1 Å². The van der Waals surface area contributed by atoms with E-state index in [1.807, 2.05) is 6.92 Å². The Morgan fingerprint density at radius 2 is 1.91 bits per heavy atom. The van der Waals surface area contributed by atoms with E-state index in [-0.39, 0.29) is 10.8 Å². The van der Waals surface area contributed by atoms with E-state index in [0.717, 1.165) is 24.1 Å². The Morgan fingerprint density at radius 1 is 1.21 bits per heavy atom. The summed E-state index contributed by atoms with van der Waals surface area (Å²) >= 11 is 0. The molecule has 5 aliphatic rings. The van der Waals surface area contributed by atoms with Gasteiger partial charge in [-0.25, -0.2) is 0 Å². The average Bonchev–Trinajstić information content (AvgIpc) is 2.69. The fourth-order valence-electron chi connectivity index (χ4n) is 5.68. The van der Waals surface area contributed by atoms with E-state index in [4.69, 9.17) is 4.74 Å². The summed E-state index contributed by atoms with van der Waals surface area (Å²) in [6.07, 6.45) is 23.6. The molecule has 0 amide bonds. The molecule has 2 aliphatic heterocycles. The number of fused-ring (bicyclic) bond motifs is 1. The predicted molar refractivity (Wildman–Crippen MR) is 141 cm³/mol. The van der Waals surface area contributed by atoms with Crippen LogP contribution in [0.4, 0.5) is 0 Å². The van der Waals surface area contributed by atoms with Crippen molar-refractivity contribution in [1.82, 2.24) is 9.80 Å². The van der Waals surface area contributed by atoms with E-state index in [9.17, 15) is 0 Å². The molecule has 34 heavy (non-hydrogen) atoms. The lowest BCUT2D eigenvalue weighted by Gasteiger charge is -2.53. The van der Waals surface area contributed by atoms with Crippen molar-refractivity contribution in [2.75, 3.05) is 20.2 Å². The molecule has 1 spiro atoms. The van der Waals surface area contributed by atoms with Gasteiger partial charge >= 0.3 is 0 Å². The molecule has 3 aliphatic carbocycles. The Morgan fingerprint density at radius 3 is 2.47 bits per heavy atom. The largest absolute Gasteiger partial charge is 0.494 e. The lowest BCUT2D eigenvalue weighted by molar-refractivity contribution is 0.111. The van der Waals surface area contributed by atoms with E-state index >= 15 is 0 Å². The van der Waals surface area contributed by atoms with Crippen LogP contribution in [0.15, 0.2) is 119 Å². The Bertz CT molecular complexity index is 1200. The maximum atomic E-state index is 5.79. The molecular weight excluding hydrogens is 416 g/mol. The highest BCUT2D eigenvalue weighted by atomic mass is 16.5. The highest BCUT2D eigenvalue weighted by Crippen LogP contribution is 2.55. The lowest BCUT2D eigenvalue weighted by atomic mass is 9.60. The zero-order valence-corrected chi connectivity index (χ0v) is 21.2. The molecule has 0 N–H and O–H groups in total. The van der Waals surface area contributed by atoms with Gasteiger partial charge in [0.1, 0.15) is 5.76 Å². The van der Waals surface area contributed by atoms with Crippen molar-refractivity contribution in [3.8, 4) is 0 Å². The third kappa shape index (κ3) is 3.33. The minimum Gasteiger partial charge on any atom is -0.494 e. The first kappa shape index (κ1) is 22.6. The Labute approximate surface area is 204 Å². The van der Waals surface area contributed by atoms with Crippen molar-refractivity contribution in [3.05, 3.63) is 119 Å². The molecule has 5 rings (SSSR count). The maximum absolute atomic E-state index is 5.79. The second kappa shape index (κ2) is 7.94. The van der Waals surface area contributed by atoms with Crippen LogP contribution in [0, 0.1) is 10.8 Å². The van der Waals surface area contributed by atoms with Crippen LogP contribution in [0.1, 0.15) is 34.1 Å². The number of allylic oxidation sites excluding steroid dienone is 13. The van der Waals surface area contributed by atoms with Crippen molar-refractivity contribution in [2.24, 2.45) is 10.8 Å². The molecule has 3 nitrogen and oxygen atoms in total. The standard InChI is InChI=1S/C31H36N2O/c1-8-34-22(3)24-19-33-27(18-21(24)2)29(32(7)20-28(33)30(4,5)6)26-15-10-14-25(23-12-9-13-23)31(26)16-11-17-31/h9-16,18-19,28H,2-3,8,17,20H2,1,4-7H3/b29-26-. The van der Waals surface area contributed by atoms with E-state index in [1.54, 1.807) is 0 Å². The summed E-state index contributed by atoms with van der Waals surface area (Å²) in [6, 6.07) is 0.304. The number of rotatable bonds is 4. The summed E-state index contributed by atoms with van der Waals surface area (Å²) in [4.78, 5) is 4.92. The van der Waals surface area contributed by atoms with Crippen molar-refractivity contribution < 1.29 is 4.74 Å². The molecule has 3 heteroatoms. The van der Waals surface area contributed by atoms with Crippen LogP contribution < -0.4 is 0 Å². The minimum absolute atomic E-state index is 0.0732. The second-order valence-electron chi connectivity index (χ2n) is 10.9. The molecule has 0 aromatic carbocycles. The zero-order valence-electron chi connectivity index (χ0n) is 21.2. The second-order valence-corrected chi connectivity index (χ2v) is 10.9. The normalized spacial score (nSPS) is 29.7. The third-order valence-electron chi connectivity index (χ3n) is 7.68. The first-order chi connectivity index (χ1) is 16.2. The van der Waals surface area contributed by atoms with Gasteiger partial charge in [-0.05, 0) is 47.1 Å². The predicted octanol–water partition coefficient (Wildman–Crippen LogP) is 6.73. The molecule has 0 saturated carbocycles. The van der Waals surface area contributed by atoms with Crippen LogP contribution in [0.5, 0.6) is 0 Å². The van der Waals surface area contributed by atoms with Gasteiger partial charge in [0.2, 0.25) is 0 Å². The summed E-state index contributed by atoms with van der Waals surface area (Å²) in [6.45, 7) is 19.1. The molecule has 0 aromatic rings.